The summed E-state index contributed by atoms with van der Waals surface area (Å²) < 4.78 is 14.3. The summed E-state index contributed by atoms with van der Waals surface area (Å²) in [5.41, 5.74) is 6.39. The number of aromatic nitrogens is 2. The first-order chi connectivity index (χ1) is 8.61. The highest BCUT2D eigenvalue weighted by Crippen LogP contribution is 2.17. The molecule has 2 aromatic rings. The van der Waals surface area contributed by atoms with Gasteiger partial charge in [-0.1, -0.05) is 0 Å². The Balaban J connectivity index is 2.22. The first-order valence-electron chi connectivity index (χ1n) is 5.48. The number of nitrogens with two attached hydrogens (primary N) is 1. The molecule has 0 radical (unpaired) electrons. The average molecular weight is 251 g/mol. The first-order valence-corrected chi connectivity index (χ1v) is 5.48. The van der Waals surface area contributed by atoms with Gasteiger partial charge in [0.1, 0.15) is 11.9 Å². The van der Waals surface area contributed by atoms with Gasteiger partial charge in [-0.3, -0.25) is 0 Å². The van der Waals surface area contributed by atoms with E-state index in [0.717, 1.165) is 0 Å². The second kappa shape index (κ2) is 5.26. The molecule has 0 aliphatic heterocycles. The SMILES string of the molecule is NCC(O)C(O)c1cnn(-c2ccc(F)cc2)c1. The summed E-state index contributed by atoms with van der Waals surface area (Å²) >= 11 is 0. The number of nitrogens with zero attached hydrogens (tertiary/aromatic N) is 2. The van der Waals surface area contributed by atoms with E-state index in [1.807, 2.05) is 0 Å². The van der Waals surface area contributed by atoms with Crippen molar-refractivity contribution in [1.29, 1.82) is 0 Å². The van der Waals surface area contributed by atoms with E-state index in [-0.39, 0.29) is 12.4 Å². The molecule has 0 fully saturated rings. The molecule has 0 amide bonds. The van der Waals surface area contributed by atoms with Crippen LogP contribution in [0.3, 0.4) is 0 Å². The zero-order chi connectivity index (χ0) is 13.1. The van der Waals surface area contributed by atoms with Gasteiger partial charge in [0.05, 0.1) is 18.0 Å². The standard InChI is InChI=1S/C12H14FN3O2/c13-9-1-3-10(4-2-9)16-7-8(6-15-16)12(18)11(17)5-14/h1-4,6-7,11-12,17-18H,5,14H2. The van der Waals surface area contributed by atoms with Crippen molar-refractivity contribution >= 4 is 0 Å². The van der Waals surface area contributed by atoms with Crippen LogP contribution in [0.2, 0.25) is 0 Å². The van der Waals surface area contributed by atoms with E-state index in [2.05, 4.69) is 5.10 Å². The number of aliphatic hydroxyl groups is 2. The van der Waals surface area contributed by atoms with E-state index >= 15 is 0 Å². The van der Waals surface area contributed by atoms with Gasteiger partial charge >= 0.3 is 0 Å². The van der Waals surface area contributed by atoms with Gasteiger partial charge in [-0.05, 0) is 24.3 Å². The molecular formula is C12H14FN3O2. The fraction of sp³-hybridized carbons (Fsp3) is 0.250. The molecule has 0 spiro atoms. The van der Waals surface area contributed by atoms with Gasteiger partial charge < -0.3 is 15.9 Å². The minimum absolute atomic E-state index is 0.0388. The smallest absolute Gasteiger partial charge is 0.123 e. The lowest BCUT2D eigenvalue weighted by Crippen LogP contribution is -2.26. The molecule has 2 atom stereocenters. The molecule has 0 aliphatic rings. The van der Waals surface area contributed by atoms with Gasteiger partial charge in [-0.25, -0.2) is 9.07 Å². The fourth-order valence-corrected chi connectivity index (χ4v) is 1.58. The van der Waals surface area contributed by atoms with Crippen LogP contribution in [0.15, 0.2) is 36.7 Å². The van der Waals surface area contributed by atoms with Gasteiger partial charge in [-0.15, -0.1) is 0 Å². The summed E-state index contributed by atoms with van der Waals surface area (Å²) in [4.78, 5) is 0. The van der Waals surface area contributed by atoms with Crippen LogP contribution in [0.25, 0.3) is 5.69 Å². The number of rotatable bonds is 4. The number of hydrogen-bond acceptors (Lipinski definition) is 4. The molecular weight excluding hydrogens is 237 g/mol. The number of halogens is 1. The molecule has 1 aromatic carbocycles. The van der Waals surface area contributed by atoms with Gasteiger partial charge in [-0.2, -0.15) is 5.10 Å². The molecule has 0 saturated heterocycles. The van der Waals surface area contributed by atoms with Crippen LogP contribution in [-0.4, -0.2) is 32.6 Å². The molecule has 1 heterocycles. The molecule has 96 valence electrons. The van der Waals surface area contributed by atoms with E-state index in [9.17, 15) is 14.6 Å². The van der Waals surface area contributed by atoms with Crippen molar-refractivity contribution in [3.05, 3.63) is 48.0 Å². The normalized spacial score (nSPS) is 14.4. The Morgan fingerprint density at radius 3 is 2.56 bits per heavy atom. The Labute approximate surface area is 103 Å². The Morgan fingerprint density at radius 1 is 1.28 bits per heavy atom. The predicted octanol–water partition coefficient (Wildman–Crippen LogP) is 0.364. The van der Waals surface area contributed by atoms with Crippen molar-refractivity contribution in [2.75, 3.05) is 6.54 Å². The van der Waals surface area contributed by atoms with Crippen LogP contribution in [0.4, 0.5) is 4.39 Å². The highest BCUT2D eigenvalue weighted by atomic mass is 19.1. The molecule has 6 heteroatoms. The molecule has 0 bridgehead atoms. The third-order valence-electron chi connectivity index (χ3n) is 2.64. The molecule has 0 saturated carbocycles. The number of benzene rings is 1. The van der Waals surface area contributed by atoms with Gasteiger partial charge in [0.15, 0.2) is 0 Å². The number of aliphatic hydroxyl groups excluding tert-OH is 2. The summed E-state index contributed by atoms with van der Waals surface area (Å²) in [5.74, 6) is -0.329. The highest BCUT2D eigenvalue weighted by Gasteiger charge is 2.18. The summed E-state index contributed by atoms with van der Waals surface area (Å²) in [6.07, 6.45) is 0.893. The molecule has 1 aromatic heterocycles. The van der Waals surface area contributed by atoms with Crippen LogP contribution in [0.1, 0.15) is 11.7 Å². The van der Waals surface area contributed by atoms with Crippen LogP contribution < -0.4 is 5.73 Å². The van der Waals surface area contributed by atoms with Crippen molar-refractivity contribution in [2.24, 2.45) is 5.73 Å². The maximum Gasteiger partial charge on any atom is 0.123 e. The Kier molecular flexibility index (Phi) is 3.71. The van der Waals surface area contributed by atoms with Crippen molar-refractivity contribution in [3.63, 3.8) is 0 Å². The van der Waals surface area contributed by atoms with Gasteiger partial charge in [0.2, 0.25) is 0 Å². The van der Waals surface area contributed by atoms with E-state index in [4.69, 9.17) is 5.73 Å². The highest BCUT2D eigenvalue weighted by molar-refractivity contribution is 5.31. The zero-order valence-corrected chi connectivity index (χ0v) is 9.57. The van der Waals surface area contributed by atoms with Crippen LogP contribution >= 0.6 is 0 Å². The molecule has 2 rings (SSSR count). The minimum atomic E-state index is -1.08. The van der Waals surface area contributed by atoms with Crippen molar-refractivity contribution in [2.45, 2.75) is 12.2 Å². The van der Waals surface area contributed by atoms with Crippen molar-refractivity contribution in [1.82, 2.24) is 9.78 Å². The quantitative estimate of drug-likeness (QED) is 0.732. The molecule has 0 aliphatic carbocycles. The zero-order valence-electron chi connectivity index (χ0n) is 9.57. The monoisotopic (exact) mass is 251 g/mol. The molecule has 5 nitrogen and oxygen atoms in total. The van der Waals surface area contributed by atoms with Gasteiger partial charge in [0, 0.05) is 18.3 Å². The van der Waals surface area contributed by atoms with Crippen LogP contribution in [0, 0.1) is 5.82 Å². The summed E-state index contributed by atoms with van der Waals surface area (Å²) in [6, 6.07) is 5.78. The predicted molar refractivity (Wildman–Crippen MR) is 63.5 cm³/mol. The van der Waals surface area contributed by atoms with E-state index < -0.39 is 12.2 Å². The maximum absolute atomic E-state index is 12.8. The Morgan fingerprint density at radius 2 is 1.94 bits per heavy atom. The third-order valence-corrected chi connectivity index (χ3v) is 2.64. The topological polar surface area (TPSA) is 84.3 Å². The summed E-state index contributed by atoms with van der Waals surface area (Å²) in [7, 11) is 0. The van der Waals surface area contributed by atoms with Crippen molar-refractivity contribution < 1.29 is 14.6 Å². The second-order valence-electron chi connectivity index (χ2n) is 3.94. The Hall–Kier alpha value is -1.76. The van der Waals surface area contributed by atoms with Crippen molar-refractivity contribution in [3.8, 4) is 5.69 Å². The minimum Gasteiger partial charge on any atom is -0.389 e. The summed E-state index contributed by atoms with van der Waals surface area (Å²) in [6.45, 7) is -0.0388. The van der Waals surface area contributed by atoms with E-state index in [0.29, 0.717) is 11.3 Å². The first kappa shape index (κ1) is 12.7. The molecule has 4 N–H and O–H groups in total. The lowest BCUT2D eigenvalue weighted by Gasteiger charge is -2.13. The van der Waals surface area contributed by atoms with Gasteiger partial charge in [0.25, 0.3) is 0 Å². The lowest BCUT2D eigenvalue weighted by atomic mass is 10.1. The Bertz CT molecular complexity index is 512. The second-order valence-corrected chi connectivity index (χ2v) is 3.94. The number of hydrogen-bond donors (Lipinski definition) is 3. The fourth-order valence-electron chi connectivity index (χ4n) is 1.58. The molecule has 2 unspecified atom stereocenters. The maximum atomic E-state index is 12.8. The van der Waals surface area contributed by atoms with E-state index in [1.165, 1.54) is 23.0 Å². The third kappa shape index (κ3) is 2.56. The van der Waals surface area contributed by atoms with Crippen LogP contribution in [-0.2, 0) is 0 Å². The van der Waals surface area contributed by atoms with Crippen LogP contribution in [0.5, 0.6) is 0 Å². The molecule has 18 heavy (non-hydrogen) atoms. The van der Waals surface area contributed by atoms with E-state index in [1.54, 1.807) is 18.3 Å². The summed E-state index contributed by atoms with van der Waals surface area (Å²) in [5, 5.41) is 23.2. The average Bonchev–Trinajstić information content (AvgIpc) is 2.87. The largest absolute Gasteiger partial charge is 0.389 e. The lowest BCUT2D eigenvalue weighted by molar-refractivity contribution is 0.0243.